The molecule has 0 bridgehead atoms. The van der Waals surface area contributed by atoms with Crippen LogP contribution in [0.15, 0.2) is 72.9 Å². The molecule has 0 aliphatic heterocycles. The summed E-state index contributed by atoms with van der Waals surface area (Å²) < 4.78 is 10.5. The summed E-state index contributed by atoms with van der Waals surface area (Å²) >= 11 is 0. The van der Waals surface area contributed by atoms with E-state index in [-0.39, 0.29) is 25.6 Å². The number of rotatable bonds is 31. The van der Waals surface area contributed by atoms with Gasteiger partial charge in [0.1, 0.15) is 6.61 Å². The second kappa shape index (κ2) is 34.6. The molecule has 268 valence electrons. The predicted octanol–water partition coefficient (Wildman–Crippen LogP) is 10.2. The van der Waals surface area contributed by atoms with Gasteiger partial charge in [-0.2, -0.15) is 0 Å². The van der Waals surface area contributed by atoms with Crippen LogP contribution in [0.1, 0.15) is 143 Å². The first kappa shape index (κ1) is 44.3. The van der Waals surface area contributed by atoms with Gasteiger partial charge >= 0.3 is 11.9 Å². The maximum atomic E-state index is 12.1. The van der Waals surface area contributed by atoms with E-state index in [1.807, 2.05) is 30.4 Å². The van der Waals surface area contributed by atoms with Crippen molar-refractivity contribution in [2.24, 2.45) is 5.92 Å². The Kier molecular flexibility index (Phi) is 32.6. The molecule has 0 saturated carbocycles. The molecule has 0 fully saturated rings. The van der Waals surface area contributed by atoms with E-state index < -0.39 is 18.2 Å². The maximum absolute atomic E-state index is 12.1. The second-order valence-electron chi connectivity index (χ2n) is 12.6. The Morgan fingerprint density at radius 2 is 1.23 bits per heavy atom. The molecule has 0 amide bonds. The van der Waals surface area contributed by atoms with Gasteiger partial charge in [0.15, 0.2) is 6.10 Å². The monoisotopic (exact) mass is 657 g/mol. The van der Waals surface area contributed by atoms with Gasteiger partial charge in [0.2, 0.25) is 0 Å². The SMILES string of the molecule is CC/C=C\CC(O)/C=C/C=C/C/C=C\C/C=C\C/C=C\CCC(=O)O[C@@H](CO)COC(=O)CCCCCCCCCCCCC(C)C. The summed E-state index contributed by atoms with van der Waals surface area (Å²) in [5, 5.41) is 19.3. The average Bonchev–Trinajstić information content (AvgIpc) is 3.05. The smallest absolute Gasteiger partial charge is 0.306 e. The molecule has 6 heteroatoms. The number of hydrogen-bond acceptors (Lipinski definition) is 6. The van der Waals surface area contributed by atoms with E-state index in [1.165, 1.54) is 51.4 Å². The highest BCUT2D eigenvalue weighted by Crippen LogP contribution is 2.14. The molecular formula is C41H68O6. The molecular weight excluding hydrogens is 588 g/mol. The third kappa shape index (κ3) is 34.5. The molecule has 1 unspecified atom stereocenters. The number of carbonyl (C=O) groups excluding carboxylic acids is 2. The van der Waals surface area contributed by atoms with Crippen LogP contribution in [0, 0.1) is 5.92 Å². The number of carbonyl (C=O) groups is 2. The number of ether oxygens (including phenoxy) is 2. The normalized spacial score (nSPS) is 13.8. The molecule has 2 atom stereocenters. The number of allylic oxidation sites excluding steroid dienone is 10. The number of hydrogen-bond donors (Lipinski definition) is 2. The van der Waals surface area contributed by atoms with Gasteiger partial charge in [-0.1, -0.05) is 158 Å². The van der Waals surface area contributed by atoms with E-state index in [0.29, 0.717) is 19.3 Å². The molecule has 0 aromatic heterocycles. The minimum atomic E-state index is -0.824. The van der Waals surface area contributed by atoms with Crippen molar-refractivity contribution >= 4 is 11.9 Å². The summed E-state index contributed by atoms with van der Waals surface area (Å²) in [6.45, 7) is 6.17. The number of aliphatic hydroxyl groups is 2. The van der Waals surface area contributed by atoms with E-state index in [2.05, 4.69) is 57.2 Å². The molecule has 6 nitrogen and oxygen atoms in total. The molecule has 0 heterocycles. The number of esters is 2. The van der Waals surface area contributed by atoms with Crippen molar-refractivity contribution in [3.8, 4) is 0 Å². The average molecular weight is 657 g/mol. The summed E-state index contributed by atoms with van der Waals surface area (Å²) in [5.74, 6) is 0.100. The van der Waals surface area contributed by atoms with E-state index in [0.717, 1.165) is 50.9 Å². The van der Waals surface area contributed by atoms with Crippen molar-refractivity contribution in [3.05, 3.63) is 72.9 Å². The molecule has 0 rings (SSSR count). The fourth-order valence-corrected chi connectivity index (χ4v) is 4.73. The van der Waals surface area contributed by atoms with Crippen molar-refractivity contribution in [1.29, 1.82) is 0 Å². The highest BCUT2D eigenvalue weighted by atomic mass is 16.6. The molecule has 0 aliphatic rings. The van der Waals surface area contributed by atoms with Gasteiger partial charge < -0.3 is 19.7 Å². The minimum Gasteiger partial charge on any atom is -0.462 e. The Balaban J connectivity index is 3.79. The Morgan fingerprint density at radius 1 is 0.660 bits per heavy atom. The second-order valence-corrected chi connectivity index (χ2v) is 12.6. The molecule has 2 N–H and O–H groups in total. The molecule has 0 aromatic rings. The van der Waals surface area contributed by atoms with Crippen LogP contribution in [0.3, 0.4) is 0 Å². The maximum Gasteiger partial charge on any atom is 0.306 e. The van der Waals surface area contributed by atoms with E-state index in [9.17, 15) is 19.8 Å². The van der Waals surface area contributed by atoms with Gasteiger partial charge in [-0.3, -0.25) is 9.59 Å². The van der Waals surface area contributed by atoms with E-state index >= 15 is 0 Å². The van der Waals surface area contributed by atoms with Gasteiger partial charge in [-0.15, -0.1) is 0 Å². The molecule has 47 heavy (non-hydrogen) atoms. The van der Waals surface area contributed by atoms with Gasteiger partial charge in [0, 0.05) is 12.8 Å². The predicted molar refractivity (Wildman–Crippen MR) is 197 cm³/mol. The van der Waals surface area contributed by atoms with Crippen LogP contribution in [-0.2, 0) is 19.1 Å². The Hall–Kier alpha value is -2.70. The van der Waals surface area contributed by atoms with Crippen LogP contribution in [0.5, 0.6) is 0 Å². The van der Waals surface area contributed by atoms with Gasteiger partial charge in [0.05, 0.1) is 12.7 Å². The van der Waals surface area contributed by atoms with Crippen LogP contribution in [0.2, 0.25) is 0 Å². The molecule has 0 aliphatic carbocycles. The molecule has 0 aromatic carbocycles. The summed E-state index contributed by atoms with van der Waals surface area (Å²) in [7, 11) is 0. The van der Waals surface area contributed by atoms with Gasteiger partial charge in [-0.05, 0) is 50.9 Å². The Bertz CT molecular complexity index is 911. The van der Waals surface area contributed by atoms with Crippen molar-refractivity contribution < 1.29 is 29.3 Å². The summed E-state index contributed by atoms with van der Waals surface area (Å²) in [5.41, 5.74) is 0. The lowest BCUT2D eigenvalue weighted by atomic mass is 10.0. The van der Waals surface area contributed by atoms with Crippen molar-refractivity contribution in [3.63, 3.8) is 0 Å². The van der Waals surface area contributed by atoms with Crippen LogP contribution in [-0.4, -0.2) is 47.6 Å². The zero-order valence-electron chi connectivity index (χ0n) is 30.0. The Labute approximate surface area is 287 Å². The first-order valence-electron chi connectivity index (χ1n) is 18.5. The fourth-order valence-electron chi connectivity index (χ4n) is 4.73. The Morgan fingerprint density at radius 3 is 1.83 bits per heavy atom. The number of aliphatic hydroxyl groups excluding tert-OH is 2. The minimum absolute atomic E-state index is 0.109. The van der Waals surface area contributed by atoms with Crippen molar-refractivity contribution in [2.45, 2.75) is 155 Å². The van der Waals surface area contributed by atoms with Crippen LogP contribution in [0.25, 0.3) is 0 Å². The molecule has 0 saturated heterocycles. The van der Waals surface area contributed by atoms with Gasteiger partial charge in [-0.25, -0.2) is 0 Å². The first-order chi connectivity index (χ1) is 22.9. The highest BCUT2D eigenvalue weighted by molar-refractivity contribution is 5.70. The lowest BCUT2D eigenvalue weighted by Gasteiger charge is -2.15. The van der Waals surface area contributed by atoms with E-state index in [1.54, 1.807) is 6.08 Å². The zero-order valence-corrected chi connectivity index (χ0v) is 30.0. The van der Waals surface area contributed by atoms with Crippen molar-refractivity contribution in [2.75, 3.05) is 13.2 Å². The fraction of sp³-hybridized carbons (Fsp3) is 0.659. The third-order valence-electron chi connectivity index (χ3n) is 7.54. The zero-order chi connectivity index (χ0) is 34.6. The van der Waals surface area contributed by atoms with Crippen LogP contribution < -0.4 is 0 Å². The molecule has 0 spiro atoms. The summed E-state index contributed by atoms with van der Waals surface area (Å²) in [6, 6.07) is 0. The first-order valence-corrected chi connectivity index (χ1v) is 18.5. The lowest BCUT2D eigenvalue weighted by molar-refractivity contribution is -0.161. The van der Waals surface area contributed by atoms with Crippen LogP contribution >= 0.6 is 0 Å². The third-order valence-corrected chi connectivity index (χ3v) is 7.54. The van der Waals surface area contributed by atoms with E-state index in [4.69, 9.17) is 9.47 Å². The topological polar surface area (TPSA) is 93.1 Å². The highest BCUT2D eigenvalue weighted by Gasteiger charge is 2.15. The van der Waals surface area contributed by atoms with Gasteiger partial charge in [0.25, 0.3) is 0 Å². The number of unbranched alkanes of at least 4 members (excludes halogenated alkanes) is 9. The largest absolute Gasteiger partial charge is 0.462 e. The van der Waals surface area contributed by atoms with Crippen LogP contribution in [0.4, 0.5) is 0 Å². The quantitative estimate of drug-likeness (QED) is 0.0334. The summed E-state index contributed by atoms with van der Waals surface area (Å²) in [4.78, 5) is 24.2. The van der Waals surface area contributed by atoms with Crippen molar-refractivity contribution in [1.82, 2.24) is 0 Å². The lowest BCUT2D eigenvalue weighted by Crippen LogP contribution is -2.28. The molecule has 0 radical (unpaired) electrons. The standard InChI is InChI=1S/C41H68O6/c1-4-5-25-31-38(43)32-27-22-18-14-9-7-6-8-10-16-20-24-29-34-41(45)47-39(35-42)36-46-40(44)33-28-23-19-15-12-11-13-17-21-26-30-37(2)3/h5,7-10,18,20,22,24-25,27,32,37-39,42-43H,4,6,11-17,19,21,23,26,28-31,33-36H2,1-3H3/b9-7-,10-8-,22-18+,24-20-,25-5-,32-27+/t38?,39-/m0/s1. The summed E-state index contributed by atoms with van der Waals surface area (Å²) in [6.07, 6.45) is 41.6.